The van der Waals surface area contributed by atoms with Crippen molar-refractivity contribution in [2.45, 2.75) is 69.4 Å². The molecule has 4 amide bonds. The Bertz CT molecular complexity index is 496. The maximum absolute atomic E-state index is 12.3. The molecule has 1 saturated carbocycles. The van der Waals surface area contributed by atoms with Gasteiger partial charge in [-0.05, 0) is 38.8 Å². The predicted octanol–water partition coefficient (Wildman–Crippen LogP) is 0.889. The standard InChI is InChI=1S/C17H28N4O3/c22-14(11-13-15(23)20-16(24)19-13)18-12-17(7-3-1-4-8-17)21-9-5-2-6-10-21/h13H,1-12H2,(H,18,22)(H2,19,20,23,24)/t13-/m1/s1. The highest BCUT2D eigenvalue weighted by Gasteiger charge is 2.39. The molecule has 134 valence electrons. The molecule has 2 saturated heterocycles. The number of hydrogen-bond acceptors (Lipinski definition) is 4. The molecule has 3 aliphatic rings. The fourth-order valence-electron chi connectivity index (χ4n) is 4.31. The van der Waals surface area contributed by atoms with Gasteiger partial charge in [-0.1, -0.05) is 25.7 Å². The molecule has 0 bridgehead atoms. The van der Waals surface area contributed by atoms with Gasteiger partial charge in [0.05, 0.1) is 6.42 Å². The Morgan fingerprint density at radius 2 is 1.75 bits per heavy atom. The minimum atomic E-state index is -0.741. The highest BCUT2D eigenvalue weighted by atomic mass is 16.2. The first kappa shape index (κ1) is 17.2. The Balaban J connectivity index is 1.56. The van der Waals surface area contributed by atoms with E-state index < -0.39 is 18.0 Å². The topological polar surface area (TPSA) is 90.5 Å². The van der Waals surface area contributed by atoms with E-state index >= 15 is 0 Å². The predicted molar refractivity (Wildman–Crippen MR) is 89.3 cm³/mol. The van der Waals surface area contributed by atoms with Crippen LogP contribution < -0.4 is 16.0 Å². The largest absolute Gasteiger partial charge is 0.354 e. The summed E-state index contributed by atoms with van der Waals surface area (Å²) >= 11 is 0. The summed E-state index contributed by atoms with van der Waals surface area (Å²) in [5.74, 6) is -0.585. The smallest absolute Gasteiger partial charge is 0.322 e. The van der Waals surface area contributed by atoms with Crippen LogP contribution in [-0.2, 0) is 9.59 Å². The lowest BCUT2D eigenvalue weighted by Gasteiger charge is -2.48. The minimum absolute atomic E-state index is 0.00759. The lowest BCUT2D eigenvalue weighted by molar-refractivity contribution is -0.127. The van der Waals surface area contributed by atoms with E-state index in [1.54, 1.807) is 0 Å². The van der Waals surface area contributed by atoms with Crippen LogP contribution >= 0.6 is 0 Å². The molecule has 0 aromatic carbocycles. The van der Waals surface area contributed by atoms with Crippen molar-refractivity contribution in [1.29, 1.82) is 0 Å². The zero-order valence-electron chi connectivity index (χ0n) is 14.2. The number of likely N-dealkylation sites (tertiary alicyclic amines) is 1. The third kappa shape index (κ3) is 3.88. The first-order valence-corrected chi connectivity index (χ1v) is 9.22. The second-order valence-electron chi connectivity index (χ2n) is 7.33. The maximum Gasteiger partial charge on any atom is 0.322 e. The molecular formula is C17H28N4O3. The van der Waals surface area contributed by atoms with Gasteiger partial charge in [0.25, 0.3) is 5.91 Å². The quantitative estimate of drug-likeness (QED) is 0.650. The first-order chi connectivity index (χ1) is 11.6. The van der Waals surface area contributed by atoms with E-state index in [0.717, 1.165) is 25.9 Å². The van der Waals surface area contributed by atoms with E-state index in [4.69, 9.17) is 0 Å². The molecule has 7 heteroatoms. The van der Waals surface area contributed by atoms with Gasteiger partial charge in [0.15, 0.2) is 0 Å². The third-order valence-corrected chi connectivity index (χ3v) is 5.67. The van der Waals surface area contributed by atoms with Crippen LogP contribution in [0.15, 0.2) is 0 Å². The number of hydrogen-bond donors (Lipinski definition) is 3. The molecule has 2 aliphatic heterocycles. The second kappa shape index (κ2) is 7.51. The molecule has 0 aromatic heterocycles. The maximum atomic E-state index is 12.3. The summed E-state index contributed by atoms with van der Waals surface area (Å²) in [6.45, 7) is 2.89. The molecule has 0 aromatic rings. The van der Waals surface area contributed by atoms with E-state index in [-0.39, 0.29) is 17.9 Å². The molecule has 24 heavy (non-hydrogen) atoms. The van der Waals surface area contributed by atoms with Crippen molar-refractivity contribution >= 4 is 17.8 Å². The zero-order chi connectivity index (χ0) is 17.0. The number of nitrogens with one attached hydrogen (secondary N) is 3. The van der Waals surface area contributed by atoms with Gasteiger partial charge in [0.2, 0.25) is 5.91 Å². The van der Waals surface area contributed by atoms with Crippen LogP contribution in [0.5, 0.6) is 0 Å². The zero-order valence-corrected chi connectivity index (χ0v) is 14.2. The van der Waals surface area contributed by atoms with E-state index in [9.17, 15) is 14.4 Å². The molecule has 0 unspecified atom stereocenters. The van der Waals surface area contributed by atoms with Crippen LogP contribution in [0.3, 0.4) is 0 Å². The molecule has 0 radical (unpaired) electrons. The molecular weight excluding hydrogens is 308 g/mol. The molecule has 3 N–H and O–H groups in total. The minimum Gasteiger partial charge on any atom is -0.354 e. The number of nitrogens with zero attached hydrogens (tertiary/aromatic N) is 1. The van der Waals surface area contributed by atoms with Crippen LogP contribution in [0.25, 0.3) is 0 Å². The number of carbonyl (C=O) groups is 3. The van der Waals surface area contributed by atoms with E-state index in [2.05, 4.69) is 20.9 Å². The van der Waals surface area contributed by atoms with Crippen LogP contribution in [0.2, 0.25) is 0 Å². The van der Waals surface area contributed by atoms with E-state index in [1.165, 1.54) is 38.5 Å². The second-order valence-corrected chi connectivity index (χ2v) is 7.33. The molecule has 2 heterocycles. The van der Waals surface area contributed by atoms with Gasteiger partial charge in [0.1, 0.15) is 6.04 Å². The number of rotatable bonds is 5. The Morgan fingerprint density at radius 1 is 1.08 bits per heavy atom. The van der Waals surface area contributed by atoms with Crippen molar-refractivity contribution in [3.63, 3.8) is 0 Å². The summed E-state index contributed by atoms with van der Waals surface area (Å²) < 4.78 is 0. The number of carbonyl (C=O) groups excluding carboxylic acids is 3. The van der Waals surface area contributed by atoms with Crippen LogP contribution in [0.1, 0.15) is 57.8 Å². The summed E-state index contributed by atoms with van der Waals surface area (Å²) in [4.78, 5) is 37.5. The van der Waals surface area contributed by atoms with Crippen molar-refractivity contribution in [1.82, 2.24) is 20.9 Å². The van der Waals surface area contributed by atoms with Crippen LogP contribution in [0, 0.1) is 0 Å². The van der Waals surface area contributed by atoms with Crippen molar-refractivity contribution in [2.75, 3.05) is 19.6 Å². The van der Waals surface area contributed by atoms with Gasteiger partial charge < -0.3 is 10.6 Å². The van der Waals surface area contributed by atoms with Crippen LogP contribution in [-0.4, -0.2) is 54.0 Å². The van der Waals surface area contributed by atoms with E-state index in [0.29, 0.717) is 6.54 Å². The summed E-state index contributed by atoms with van der Waals surface area (Å²) in [5.41, 5.74) is 0.0789. The lowest BCUT2D eigenvalue weighted by Crippen LogP contribution is -2.58. The first-order valence-electron chi connectivity index (χ1n) is 9.22. The Morgan fingerprint density at radius 3 is 2.38 bits per heavy atom. The van der Waals surface area contributed by atoms with Crippen LogP contribution in [0.4, 0.5) is 4.79 Å². The summed E-state index contributed by atoms with van der Waals surface area (Å²) in [7, 11) is 0. The summed E-state index contributed by atoms with van der Waals surface area (Å²) in [6.07, 6.45) is 9.76. The average molecular weight is 336 g/mol. The van der Waals surface area contributed by atoms with Gasteiger partial charge in [-0.15, -0.1) is 0 Å². The number of urea groups is 1. The molecule has 1 atom stereocenters. The number of piperidine rings is 1. The van der Waals surface area contributed by atoms with Crippen molar-refractivity contribution < 1.29 is 14.4 Å². The number of imide groups is 1. The normalized spacial score (nSPS) is 27.4. The molecule has 0 spiro atoms. The van der Waals surface area contributed by atoms with Gasteiger partial charge in [-0.3, -0.25) is 19.8 Å². The van der Waals surface area contributed by atoms with Gasteiger partial charge in [0, 0.05) is 12.1 Å². The number of amides is 4. The van der Waals surface area contributed by atoms with Crippen molar-refractivity contribution in [2.24, 2.45) is 0 Å². The monoisotopic (exact) mass is 336 g/mol. The average Bonchev–Trinajstić information content (AvgIpc) is 2.92. The Kier molecular flexibility index (Phi) is 5.38. The van der Waals surface area contributed by atoms with Crippen molar-refractivity contribution in [3.8, 4) is 0 Å². The molecule has 3 fully saturated rings. The summed E-state index contributed by atoms with van der Waals surface area (Å²) in [6, 6.07) is -1.26. The summed E-state index contributed by atoms with van der Waals surface area (Å²) in [5, 5.41) is 7.68. The van der Waals surface area contributed by atoms with Crippen molar-refractivity contribution in [3.05, 3.63) is 0 Å². The van der Waals surface area contributed by atoms with Gasteiger partial charge in [-0.2, -0.15) is 0 Å². The fraction of sp³-hybridized carbons (Fsp3) is 0.824. The van der Waals surface area contributed by atoms with Gasteiger partial charge >= 0.3 is 6.03 Å². The molecule has 3 rings (SSSR count). The Labute approximate surface area is 142 Å². The van der Waals surface area contributed by atoms with E-state index in [1.807, 2.05) is 0 Å². The van der Waals surface area contributed by atoms with Gasteiger partial charge in [-0.25, -0.2) is 4.79 Å². The fourth-order valence-corrected chi connectivity index (χ4v) is 4.31. The third-order valence-electron chi connectivity index (χ3n) is 5.67. The molecule has 7 nitrogen and oxygen atoms in total. The SMILES string of the molecule is O=C(C[C@H]1NC(=O)NC1=O)NCC1(N2CCCCC2)CCCCC1. The Hall–Kier alpha value is -1.63. The highest BCUT2D eigenvalue weighted by molar-refractivity contribution is 6.05. The highest BCUT2D eigenvalue weighted by Crippen LogP contribution is 2.35. The molecule has 1 aliphatic carbocycles. The lowest BCUT2D eigenvalue weighted by atomic mass is 9.79.